The number of piperazine rings is 1. The molecule has 0 bridgehead atoms. The van der Waals surface area contributed by atoms with E-state index in [1.165, 1.54) is 0 Å². The summed E-state index contributed by atoms with van der Waals surface area (Å²) in [5, 5.41) is 2.79. The molecule has 2 fully saturated rings. The SMILES string of the molecule is CCCN1CC(=O)NC(C2CC2)C1=O. The Morgan fingerprint density at radius 2 is 2.14 bits per heavy atom. The highest BCUT2D eigenvalue weighted by atomic mass is 16.2. The Bertz CT molecular complexity index is 261. The molecule has 1 saturated heterocycles. The summed E-state index contributed by atoms with van der Waals surface area (Å²) < 4.78 is 0. The van der Waals surface area contributed by atoms with Crippen LogP contribution in [0.15, 0.2) is 0 Å². The van der Waals surface area contributed by atoms with Crippen molar-refractivity contribution in [3.63, 3.8) is 0 Å². The molecule has 2 aliphatic rings. The summed E-state index contributed by atoms with van der Waals surface area (Å²) in [5.74, 6) is 0.523. The summed E-state index contributed by atoms with van der Waals surface area (Å²) in [6.45, 7) is 2.97. The molecule has 0 aromatic rings. The molecule has 1 N–H and O–H groups in total. The fourth-order valence-electron chi connectivity index (χ4n) is 1.94. The number of hydrogen-bond donors (Lipinski definition) is 1. The molecule has 2 rings (SSSR count). The first-order valence-corrected chi connectivity index (χ1v) is 5.30. The number of amides is 2. The Morgan fingerprint density at radius 1 is 1.43 bits per heavy atom. The molecule has 1 atom stereocenters. The average Bonchev–Trinajstić information content (AvgIpc) is 2.94. The molecular weight excluding hydrogens is 180 g/mol. The van der Waals surface area contributed by atoms with E-state index in [0.29, 0.717) is 12.5 Å². The van der Waals surface area contributed by atoms with Gasteiger partial charge in [-0.3, -0.25) is 9.59 Å². The van der Waals surface area contributed by atoms with E-state index in [0.717, 1.165) is 19.3 Å². The Morgan fingerprint density at radius 3 is 2.71 bits per heavy atom. The third kappa shape index (κ3) is 1.74. The first kappa shape index (κ1) is 9.49. The van der Waals surface area contributed by atoms with Crippen molar-refractivity contribution < 1.29 is 9.59 Å². The topological polar surface area (TPSA) is 49.4 Å². The summed E-state index contributed by atoms with van der Waals surface area (Å²) in [6.07, 6.45) is 3.07. The van der Waals surface area contributed by atoms with E-state index in [9.17, 15) is 9.59 Å². The standard InChI is InChI=1S/C10H16N2O2/c1-2-5-12-6-8(13)11-9(10(12)14)7-3-4-7/h7,9H,2-6H2,1H3,(H,11,13). The van der Waals surface area contributed by atoms with Gasteiger partial charge in [-0.05, 0) is 25.2 Å². The third-order valence-electron chi connectivity index (χ3n) is 2.82. The second kappa shape index (κ2) is 3.59. The number of nitrogens with zero attached hydrogens (tertiary/aromatic N) is 1. The Balaban J connectivity index is 2.04. The van der Waals surface area contributed by atoms with Crippen molar-refractivity contribution in [2.45, 2.75) is 32.2 Å². The molecule has 1 saturated carbocycles. The molecule has 1 unspecified atom stereocenters. The lowest BCUT2D eigenvalue weighted by molar-refractivity contribution is -0.144. The lowest BCUT2D eigenvalue weighted by Gasteiger charge is -2.32. The highest BCUT2D eigenvalue weighted by Gasteiger charge is 2.42. The molecule has 4 nitrogen and oxygen atoms in total. The van der Waals surface area contributed by atoms with Gasteiger partial charge in [0.05, 0.1) is 6.54 Å². The van der Waals surface area contributed by atoms with Crippen molar-refractivity contribution in [2.24, 2.45) is 5.92 Å². The Kier molecular flexibility index (Phi) is 2.44. The van der Waals surface area contributed by atoms with Crippen LogP contribution in [0.5, 0.6) is 0 Å². The predicted molar refractivity (Wildman–Crippen MR) is 51.5 cm³/mol. The largest absolute Gasteiger partial charge is 0.342 e. The summed E-state index contributed by atoms with van der Waals surface area (Å²) in [7, 11) is 0. The molecule has 0 aromatic heterocycles. The van der Waals surface area contributed by atoms with E-state index in [2.05, 4.69) is 5.32 Å². The lowest BCUT2D eigenvalue weighted by Crippen LogP contribution is -2.58. The van der Waals surface area contributed by atoms with Gasteiger partial charge in [0.15, 0.2) is 0 Å². The van der Waals surface area contributed by atoms with Crippen LogP contribution in [-0.4, -0.2) is 35.8 Å². The zero-order chi connectivity index (χ0) is 10.1. The molecule has 1 aliphatic heterocycles. The van der Waals surface area contributed by atoms with E-state index >= 15 is 0 Å². The minimum absolute atomic E-state index is 0.00468. The van der Waals surface area contributed by atoms with Crippen LogP contribution in [0.2, 0.25) is 0 Å². The quantitative estimate of drug-likeness (QED) is 0.697. The highest BCUT2D eigenvalue weighted by Crippen LogP contribution is 2.34. The number of hydrogen-bond acceptors (Lipinski definition) is 2. The van der Waals surface area contributed by atoms with Crippen LogP contribution in [0.3, 0.4) is 0 Å². The van der Waals surface area contributed by atoms with E-state index in [-0.39, 0.29) is 24.4 Å². The van der Waals surface area contributed by atoms with Crippen LogP contribution in [-0.2, 0) is 9.59 Å². The van der Waals surface area contributed by atoms with Gasteiger partial charge in [-0.15, -0.1) is 0 Å². The zero-order valence-electron chi connectivity index (χ0n) is 8.45. The highest BCUT2D eigenvalue weighted by molar-refractivity contribution is 5.95. The minimum atomic E-state index is -0.220. The van der Waals surface area contributed by atoms with Gasteiger partial charge in [-0.2, -0.15) is 0 Å². The Labute approximate surface area is 83.6 Å². The van der Waals surface area contributed by atoms with Crippen LogP contribution >= 0.6 is 0 Å². The first-order chi connectivity index (χ1) is 6.72. The van der Waals surface area contributed by atoms with Crippen molar-refractivity contribution in [2.75, 3.05) is 13.1 Å². The van der Waals surface area contributed by atoms with Crippen molar-refractivity contribution in [1.82, 2.24) is 10.2 Å². The van der Waals surface area contributed by atoms with E-state index in [1.807, 2.05) is 6.92 Å². The summed E-state index contributed by atoms with van der Waals surface area (Å²) in [4.78, 5) is 24.9. The molecular formula is C10H16N2O2. The fourth-order valence-corrected chi connectivity index (χ4v) is 1.94. The van der Waals surface area contributed by atoms with Gasteiger partial charge in [-0.25, -0.2) is 0 Å². The smallest absolute Gasteiger partial charge is 0.245 e. The van der Waals surface area contributed by atoms with Crippen molar-refractivity contribution in [3.8, 4) is 0 Å². The fraction of sp³-hybridized carbons (Fsp3) is 0.800. The normalized spacial score (nSPS) is 27.8. The predicted octanol–water partition coefficient (Wildman–Crippen LogP) is 0.133. The maximum absolute atomic E-state index is 11.9. The van der Waals surface area contributed by atoms with Crippen LogP contribution in [0, 0.1) is 5.92 Å². The van der Waals surface area contributed by atoms with Gasteiger partial charge >= 0.3 is 0 Å². The van der Waals surface area contributed by atoms with Gasteiger partial charge in [-0.1, -0.05) is 6.92 Å². The maximum Gasteiger partial charge on any atom is 0.245 e. The first-order valence-electron chi connectivity index (χ1n) is 5.30. The van der Waals surface area contributed by atoms with Gasteiger partial charge in [0.1, 0.15) is 6.04 Å². The van der Waals surface area contributed by atoms with Crippen LogP contribution in [0.4, 0.5) is 0 Å². The second-order valence-corrected chi connectivity index (χ2v) is 4.14. The number of carbonyl (C=O) groups excluding carboxylic acids is 2. The minimum Gasteiger partial charge on any atom is -0.342 e. The van der Waals surface area contributed by atoms with E-state index in [1.54, 1.807) is 4.90 Å². The Hall–Kier alpha value is -1.06. The molecule has 14 heavy (non-hydrogen) atoms. The number of nitrogens with one attached hydrogen (secondary N) is 1. The molecule has 78 valence electrons. The molecule has 1 aliphatic carbocycles. The molecule has 0 spiro atoms. The lowest BCUT2D eigenvalue weighted by atomic mass is 10.1. The van der Waals surface area contributed by atoms with E-state index < -0.39 is 0 Å². The van der Waals surface area contributed by atoms with Gasteiger partial charge in [0.25, 0.3) is 0 Å². The summed E-state index contributed by atoms with van der Waals surface area (Å²) >= 11 is 0. The number of carbonyl (C=O) groups is 2. The van der Waals surface area contributed by atoms with Crippen molar-refractivity contribution in [1.29, 1.82) is 0 Å². The third-order valence-corrected chi connectivity index (χ3v) is 2.82. The van der Waals surface area contributed by atoms with Gasteiger partial charge in [0.2, 0.25) is 11.8 Å². The van der Waals surface area contributed by atoms with Crippen molar-refractivity contribution in [3.05, 3.63) is 0 Å². The van der Waals surface area contributed by atoms with Gasteiger partial charge < -0.3 is 10.2 Å². The molecule has 4 heteroatoms. The maximum atomic E-state index is 11.9. The van der Waals surface area contributed by atoms with Gasteiger partial charge in [0, 0.05) is 6.54 Å². The molecule has 0 radical (unpaired) electrons. The zero-order valence-corrected chi connectivity index (χ0v) is 8.45. The molecule has 2 amide bonds. The summed E-state index contributed by atoms with van der Waals surface area (Å²) in [5.41, 5.74) is 0. The number of rotatable bonds is 3. The van der Waals surface area contributed by atoms with Crippen LogP contribution in [0.1, 0.15) is 26.2 Å². The van der Waals surface area contributed by atoms with E-state index in [4.69, 9.17) is 0 Å². The summed E-state index contributed by atoms with van der Waals surface area (Å²) in [6, 6.07) is -0.220. The second-order valence-electron chi connectivity index (χ2n) is 4.14. The molecule has 0 aromatic carbocycles. The van der Waals surface area contributed by atoms with Crippen LogP contribution in [0.25, 0.3) is 0 Å². The average molecular weight is 196 g/mol. The monoisotopic (exact) mass is 196 g/mol. The van der Waals surface area contributed by atoms with Crippen molar-refractivity contribution >= 4 is 11.8 Å². The van der Waals surface area contributed by atoms with Crippen LogP contribution < -0.4 is 5.32 Å². The molecule has 1 heterocycles.